The minimum atomic E-state index is 0.331. The number of aliphatic imine (C=N–C) groups is 1. The van der Waals surface area contributed by atoms with Crippen LogP contribution in [0.5, 0.6) is 5.75 Å². The molecule has 6 rings (SSSR count). The van der Waals surface area contributed by atoms with E-state index in [4.69, 9.17) is 4.99 Å². The van der Waals surface area contributed by atoms with E-state index in [2.05, 4.69) is 44.2 Å². The summed E-state index contributed by atoms with van der Waals surface area (Å²) < 4.78 is 0. The van der Waals surface area contributed by atoms with Gasteiger partial charge in [-0.25, -0.2) is 0 Å². The molecule has 0 amide bonds. The molecule has 1 N–H and O–H groups in total. The van der Waals surface area contributed by atoms with Crippen LogP contribution in [-0.4, -0.2) is 11.3 Å². The lowest BCUT2D eigenvalue weighted by Crippen LogP contribution is -2.48. The van der Waals surface area contributed by atoms with E-state index in [0.29, 0.717) is 11.2 Å². The number of hydrogen-bond acceptors (Lipinski definition) is 2. The summed E-state index contributed by atoms with van der Waals surface area (Å²) in [5, 5.41) is 10.4. The minimum absolute atomic E-state index is 0.331. The number of phenols is 1. The minimum Gasteiger partial charge on any atom is -0.507 e. The van der Waals surface area contributed by atoms with Gasteiger partial charge in [0, 0.05) is 11.8 Å². The maximum absolute atomic E-state index is 10.4. The summed E-state index contributed by atoms with van der Waals surface area (Å²) in [6, 6.07) is 12.6. The van der Waals surface area contributed by atoms with Gasteiger partial charge in [0.2, 0.25) is 0 Å². The molecular formula is C25H29NO. The third kappa shape index (κ3) is 2.99. The van der Waals surface area contributed by atoms with Gasteiger partial charge in [0.15, 0.2) is 0 Å². The van der Waals surface area contributed by atoms with E-state index in [-0.39, 0.29) is 0 Å². The summed E-state index contributed by atoms with van der Waals surface area (Å²) in [6.45, 7) is 4.17. The standard InChI is InChI=1S/C25H29NO/c1-16-3-4-17(2)23(7-16)26-15-21-11-22(5-6-24(21)27)25-12-18-8-19(13-25)10-20(9-18)14-25/h3-7,11,15,18-20,27H,8-10,12-14H2,1-2H3. The van der Waals surface area contributed by atoms with E-state index in [1.54, 1.807) is 0 Å². The molecule has 0 saturated heterocycles. The van der Waals surface area contributed by atoms with Gasteiger partial charge in [-0.2, -0.15) is 0 Å². The highest BCUT2D eigenvalue weighted by Crippen LogP contribution is 2.60. The largest absolute Gasteiger partial charge is 0.507 e. The Morgan fingerprint density at radius 1 is 0.926 bits per heavy atom. The molecule has 4 aliphatic carbocycles. The molecule has 2 heteroatoms. The second kappa shape index (κ2) is 6.22. The summed E-state index contributed by atoms with van der Waals surface area (Å²) in [6.07, 6.45) is 10.3. The summed E-state index contributed by atoms with van der Waals surface area (Å²) in [5.41, 5.74) is 5.98. The van der Waals surface area contributed by atoms with Crippen LogP contribution in [0.2, 0.25) is 0 Å². The first-order chi connectivity index (χ1) is 13.0. The highest BCUT2D eigenvalue weighted by Gasteiger charge is 2.51. The fourth-order valence-corrected chi connectivity index (χ4v) is 6.45. The smallest absolute Gasteiger partial charge is 0.124 e. The first-order valence-electron chi connectivity index (χ1n) is 10.5. The Hall–Kier alpha value is -2.09. The van der Waals surface area contributed by atoms with Crippen molar-refractivity contribution >= 4 is 11.9 Å². The van der Waals surface area contributed by atoms with Crippen LogP contribution in [0.25, 0.3) is 0 Å². The fraction of sp³-hybridized carbons (Fsp3) is 0.480. The third-order valence-electron chi connectivity index (χ3n) is 7.39. The molecule has 4 fully saturated rings. The predicted molar refractivity (Wildman–Crippen MR) is 111 cm³/mol. The van der Waals surface area contributed by atoms with Crippen molar-refractivity contribution in [3.05, 3.63) is 58.7 Å². The van der Waals surface area contributed by atoms with Crippen molar-refractivity contribution in [3.8, 4) is 5.75 Å². The Bertz CT molecular complexity index is 875. The summed E-state index contributed by atoms with van der Waals surface area (Å²) in [7, 11) is 0. The van der Waals surface area contributed by atoms with E-state index >= 15 is 0 Å². The molecule has 0 spiro atoms. The van der Waals surface area contributed by atoms with Gasteiger partial charge in [-0.15, -0.1) is 0 Å². The van der Waals surface area contributed by atoms with Crippen LogP contribution in [0.15, 0.2) is 41.4 Å². The molecule has 2 aromatic carbocycles. The van der Waals surface area contributed by atoms with Gasteiger partial charge in [-0.1, -0.05) is 18.2 Å². The molecule has 0 atom stereocenters. The molecule has 0 heterocycles. The van der Waals surface area contributed by atoms with Crippen LogP contribution in [0.3, 0.4) is 0 Å². The lowest BCUT2D eigenvalue weighted by molar-refractivity contribution is -0.00520. The molecule has 2 aromatic rings. The Labute approximate surface area is 162 Å². The monoisotopic (exact) mass is 359 g/mol. The second-order valence-corrected chi connectivity index (χ2v) is 9.52. The third-order valence-corrected chi connectivity index (χ3v) is 7.39. The molecule has 4 bridgehead atoms. The summed E-state index contributed by atoms with van der Waals surface area (Å²) in [4.78, 5) is 4.70. The zero-order chi connectivity index (χ0) is 18.6. The SMILES string of the molecule is Cc1ccc(C)c(N=Cc2cc(C34CC5CC(CC(C5)C3)C4)ccc2O)c1. The maximum Gasteiger partial charge on any atom is 0.124 e. The van der Waals surface area contributed by atoms with Gasteiger partial charge in [0.05, 0.1) is 5.69 Å². The van der Waals surface area contributed by atoms with Crippen molar-refractivity contribution < 1.29 is 5.11 Å². The van der Waals surface area contributed by atoms with Crippen molar-refractivity contribution in [3.63, 3.8) is 0 Å². The molecule has 0 aliphatic heterocycles. The summed E-state index contributed by atoms with van der Waals surface area (Å²) in [5.74, 6) is 3.11. The Kier molecular flexibility index (Phi) is 3.93. The molecular weight excluding hydrogens is 330 g/mol. The Balaban J connectivity index is 1.49. The van der Waals surface area contributed by atoms with Gasteiger partial charge >= 0.3 is 0 Å². The van der Waals surface area contributed by atoms with E-state index in [1.807, 2.05) is 12.3 Å². The first-order valence-corrected chi connectivity index (χ1v) is 10.5. The molecule has 140 valence electrons. The molecule has 0 aromatic heterocycles. The zero-order valence-corrected chi connectivity index (χ0v) is 16.4. The molecule has 4 aliphatic rings. The van der Waals surface area contributed by atoms with Gasteiger partial charge in [-0.05, 0) is 110 Å². The van der Waals surface area contributed by atoms with Crippen LogP contribution in [0.1, 0.15) is 60.8 Å². The highest BCUT2D eigenvalue weighted by molar-refractivity contribution is 5.86. The van der Waals surface area contributed by atoms with Gasteiger partial charge in [0.25, 0.3) is 0 Å². The zero-order valence-electron chi connectivity index (χ0n) is 16.4. The number of hydrogen-bond donors (Lipinski definition) is 1. The average Bonchev–Trinajstić information content (AvgIpc) is 2.62. The fourth-order valence-electron chi connectivity index (χ4n) is 6.45. The van der Waals surface area contributed by atoms with Crippen LogP contribution in [0.4, 0.5) is 5.69 Å². The lowest BCUT2D eigenvalue weighted by atomic mass is 9.48. The van der Waals surface area contributed by atoms with E-state index in [1.165, 1.54) is 49.7 Å². The van der Waals surface area contributed by atoms with Crippen molar-refractivity contribution in [1.29, 1.82) is 0 Å². The first kappa shape index (κ1) is 17.0. The van der Waals surface area contributed by atoms with E-state index in [0.717, 1.165) is 34.6 Å². The predicted octanol–water partition coefficient (Wildman–Crippen LogP) is 6.23. The Morgan fingerprint density at radius 3 is 2.26 bits per heavy atom. The molecule has 2 nitrogen and oxygen atoms in total. The van der Waals surface area contributed by atoms with E-state index < -0.39 is 0 Å². The van der Waals surface area contributed by atoms with Gasteiger partial charge < -0.3 is 5.11 Å². The number of aryl methyl sites for hydroxylation is 2. The number of benzene rings is 2. The van der Waals surface area contributed by atoms with E-state index in [9.17, 15) is 5.11 Å². The average molecular weight is 360 g/mol. The van der Waals surface area contributed by atoms with Crippen LogP contribution < -0.4 is 0 Å². The second-order valence-electron chi connectivity index (χ2n) is 9.52. The van der Waals surface area contributed by atoms with Crippen molar-refractivity contribution in [2.75, 3.05) is 0 Å². The molecule has 0 unspecified atom stereocenters. The lowest BCUT2D eigenvalue weighted by Gasteiger charge is -2.57. The number of phenolic OH excluding ortho intramolecular Hbond substituents is 1. The molecule has 27 heavy (non-hydrogen) atoms. The maximum atomic E-state index is 10.4. The number of rotatable bonds is 3. The number of aromatic hydroxyl groups is 1. The normalized spacial score (nSPS) is 31.7. The van der Waals surface area contributed by atoms with Crippen LogP contribution >= 0.6 is 0 Å². The quantitative estimate of drug-likeness (QED) is 0.648. The highest BCUT2D eigenvalue weighted by atomic mass is 16.3. The van der Waals surface area contributed by atoms with Crippen LogP contribution in [0, 0.1) is 31.6 Å². The molecule has 0 radical (unpaired) electrons. The van der Waals surface area contributed by atoms with Gasteiger partial charge in [-0.3, -0.25) is 4.99 Å². The Morgan fingerprint density at radius 2 is 1.59 bits per heavy atom. The van der Waals surface area contributed by atoms with Gasteiger partial charge in [0.1, 0.15) is 5.75 Å². The topological polar surface area (TPSA) is 32.6 Å². The van der Waals surface area contributed by atoms with Crippen molar-refractivity contribution in [1.82, 2.24) is 0 Å². The van der Waals surface area contributed by atoms with Crippen LogP contribution in [-0.2, 0) is 5.41 Å². The van der Waals surface area contributed by atoms with Crippen molar-refractivity contribution in [2.45, 2.75) is 57.8 Å². The van der Waals surface area contributed by atoms with Crippen molar-refractivity contribution in [2.24, 2.45) is 22.7 Å². The summed E-state index contributed by atoms with van der Waals surface area (Å²) >= 11 is 0. The number of nitrogens with zero attached hydrogens (tertiary/aromatic N) is 1. The molecule has 4 saturated carbocycles.